The van der Waals surface area contributed by atoms with E-state index in [1.165, 1.54) is 0 Å². The monoisotopic (exact) mass is 595 g/mol. The highest BCUT2D eigenvalue weighted by Crippen LogP contribution is 2.33. The van der Waals surface area contributed by atoms with Gasteiger partial charge in [-0.1, -0.05) is 60.7 Å². The van der Waals surface area contributed by atoms with Gasteiger partial charge in [-0.3, -0.25) is 14.6 Å². The Morgan fingerprint density at radius 2 is 1.62 bits per heavy atom. The summed E-state index contributed by atoms with van der Waals surface area (Å²) in [6.45, 7) is 1.33. The van der Waals surface area contributed by atoms with Crippen LogP contribution < -0.4 is 10.1 Å². The number of pyridine rings is 2. The topological polar surface area (TPSA) is 108 Å². The highest BCUT2D eigenvalue weighted by Gasteiger charge is 2.33. The number of para-hydroxylation sites is 1. The zero-order valence-corrected chi connectivity index (χ0v) is 24.8. The Kier molecular flexibility index (Phi) is 9.07. The minimum atomic E-state index is -0.838. The average Bonchev–Trinajstić information content (AvgIpc) is 3.11. The summed E-state index contributed by atoms with van der Waals surface area (Å²) in [5.41, 5.74) is 3.76. The molecule has 3 heterocycles. The van der Waals surface area contributed by atoms with Crippen LogP contribution in [-0.4, -0.2) is 39.8 Å². The molecule has 224 valence electrons. The molecular weight excluding hydrogens is 562 g/mol. The lowest BCUT2D eigenvalue weighted by molar-refractivity contribution is -0.134. The first-order valence-corrected chi connectivity index (χ1v) is 15.1. The van der Waals surface area contributed by atoms with Crippen LogP contribution in [0.2, 0.25) is 0 Å². The van der Waals surface area contributed by atoms with Gasteiger partial charge in [-0.05, 0) is 72.4 Å². The lowest BCUT2D eigenvalue weighted by Gasteiger charge is -2.36. The average molecular weight is 596 g/mol. The fourth-order valence-electron chi connectivity index (χ4n) is 5.84. The number of benzene rings is 3. The van der Waals surface area contributed by atoms with Gasteiger partial charge in [0.15, 0.2) is 0 Å². The molecule has 1 N–H and O–H groups in total. The van der Waals surface area contributed by atoms with Crippen LogP contribution in [0.15, 0.2) is 116 Å². The van der Waals surface area contributed by atoms with E-state index in [-0.39, 0.29) is 23.7 Å². The Morgan fingerprint density at radius 1 is 0.889 bits per heavy atom. The molecule has 8 nitrogen and oxygen atoms in total. The summed E-state index contributed by atoms with van der Waals surface area (Å²) in [6.07, 6.45) is 4.84. The van der Waals surface area contributed by atoms with Crippen LogP contribution in [-0.2, 0) is 11.4 Å². The van der Waals surface area contributed by atoms with Crippen LogP contribution in [0.3, 0.4) is 0 Å². The number of hydrogen-bond acceptors (Lipinski definition) is 6. The normalized spacial score (nSPS) is 14.7. The summed E-state index contributed by atoms with van der Waals surface area (Å²) in [5.74, 6) is -0.0363. The van der Waals surface area contributed by atoms with Gasteiger partial charge in [-0.2, -0.15) is 5.26 Å². The van der Waals surface area contributed by atoms with E-state index in [0.717, 1.165) is 22.2 Å². The smallest absolute Gasteiger partial charge is 0.252 e. The highest BCUT2D eigenvalue weighted by molar-refractivity contribution is 5.98. The Bertz CT molecular complexity index is 1800. The van der Waals surface area contributed by atoms with Gasteiger partial charge in [-0.25, -0.2) is 4.98 Å². The Balaban J connectivity index is 1.09. The van der Waals surface area contributed by atoms with Crippen molar-refractivity contribution in [2.45, 2.75) is 31.4 Å². The van der Waals surface area contributed by atoms with E-state index in [4.69, 9.17) is 4.74 Å². The van der Waals surface area contributed by atoms with Crippen molar-refractivity contribution in [1.82, 2.24) is 20.2 Å². The zero-order chi connectivity index (χ0) is 31.0. The fraction of sp³-hybridized carbons (Fsp3) is 0.216. The number of nitrogens with one attached hydrogen (secondary N) is 1. The number of hydrogen-bond donors (Lipinski definition) is 1. The number of fused-ring (bicyclic) bond motifs is 1. The molecule has 0 bridgehead atoms. The van der Waals surface area contributed by atoms with E-state index in [1.54, 1.807) is 41.6 Å². The number of nitriles is 1. The third-order valence-electron chi connectivity index (χ3n) is 8.32. The van der Waals surface area contributed by atoms with E-state index in [2.05, 4.69) is 21.4 Å². The maximum absolute atomic E-state index is 13.8. The summed E-state index contributed by atoms with van der Waals surface area (Å²) in [4.78, 5) is 37.8. The number of likely N-dealkylation sites (tertiary alicyclic amines) is 1. The number of carbonyl (C=O) groups is 2. The first-order chi connectivity index (χ1) is 22.1. The largest absolute Gasteiger partial charge is 0.487 e. The molecule has 1 fully saturated rings. The summed E-state index contributed by atoms with van der Waals surface area (Å²) in [5, 5.41) is 13.9. The number of ether oxygens (including phenoxy) is 1. The van der Waals surface area contributed by atoms with Crippen molar-refractivity contribution >= 4 is 22.7 Å². The van der Waals surface area contributed by atoms with E-state index in [1.807, 2.05) is 78.9 Å². The molecule has 1 saturated heterocycles. The number of carbonyl (C=O) groups excluding carboxylic acids is 2. The Labute approximate surface area is 262 Å². The summed E-state index contributed by atoms with van der Waals surface area (Å²) < 4.78 is 5.93. The second-order valence-corrected chi connectivity index (χ2v) is 11.2. The lowest BCUT2D eigenvalue weighted by Crippen LogP contribution is -2.46. The molecule has 0 aliphatic carbocycles. The molecule has 45 heavy (non-hydrogen) atoms. The zero-order valence-electron chi connectivity index (χ0n) is 24.8. The van der Waals surface area contributed by atoms with Gasteiger partial charge in [0, 0.05) is 36.4 Å². The molecule has 2 amide bonds. The molecule has 5 aromatic rings. The van der Waals surface area contributed by atoms with E-state index in [9.17, 15) is 14.9 Å². The molecule has 0 saturated carbocycles. The molecule has 0 spiro atoms. The van der Waals surface area contributed by atoms with Crippen LogP contribution in [0.1, 0.15) is 52.0 Å². The first kappa shape index (κ1) is 29.5. The van der Waals surface area contributed by atoms with E-state index in [0.29, 0.717) is 49.4 Å². The van der Waals surface area contributed by atoms with E-state index >= 15 is 0 Å². The SMILES string of the molecule is N#CC(c1cccnc1)C1CCN(C(=O)[C@@H](NC(=O)c2ccc(OCc3ccc4ccccc4n3)cc2)c2ccccc2)CC1. The van der Waals surface area contributed by atoms with Gasteiger partial charge in [0.05, 0.1) is 23.2 Å². The standard InChI is InChI=1S/C37H33N5O3/c38-23-33(30-10-6-20-39-24-30)26-18-21-42(22-19-26)37(44)35(28-8-2-1-3-9-28)41-36(43)29-13-16-32(17-14-29)45-25-31-15-12-27-7-4-5-11-34(27)40-31/h1-17,20,24,26,33,35H,18-19,21-22,25H2,(H,41,43)/t33?,35-/m0/s1. The predicted molar refractivity (Wildman–Crippen MR) is 171 cm³/mol. The van der Waals surface area contributed by atoms with Crippen molar-refractivity contribution in [1.29, 1.82) is 5.26 Å². The van der Waals surface area contributed by atoms with E-state index < -0.39 is 6.04 Å². The summed E-state index contributed by atoms with van der Waals surface area (Å²) in [7, 11) is 0. The molecule has 6 rings (SSSR count). The van der Waals surface area contributed by atoms with Gasteiger partial charge in [0.1, 0.15) is 18.4 Å². The lowest BCUT2D eigenvalue weighted by atomic mass is 9.81. The first-order valence-electron chi connectivity index (χ1n) is 15.1. The number of rotatable bonds is 9. The fourth-order valence-corrected chi connectivity index (χ4v) is 5.84. The molecule has 8 heteroatoms. The molecule has 2 aromatic heterocycles. The summed E-state index contributed by atoms with van der Waals surface area (Å²) in [6, 6.07) is 33.4. The van der Waals surface area contributed by atoms with Crippen molar-refractivity contribution in [2.75, 3.05) is 13.1 Å². The quantitative estimate of drug-likeness (QED) is 0.217. The van der Waals surface area contributed by atoms with Crippen molar-refractivity contribution in [2.24, 2.45) is 5.92 Å². The van der Waals surface area contributed by atoms with Crippen LogP contribution in [0, 0.1) is 17.2 Å². The third-order valence-corrected chi connectivity index (χ3v) is 8.32. The van der Waals surface area contributed by atoms with Gasteiger partial charge in [-0.15, -0.1) is 0 Å². The number of aromatic nitrogens is 2. The van der Waals surface area contributed by atoms with Gasteiger partial charge < -0.3 is 15.0 Å². The number of piperidine rings is 1. The molecule has 1 unspecified atom stereocenters. The molecule has 1 aliphatic rings. The Hall–Kier alpha value is -5.55. The predicted octanol–water partition coefficient (Wildman–Crippen LogP) is 6.23. The van der Waals surface area contributed by atoms with Gasteiger partial charge in [0.25, 0.3) is 5.91 Å². The van der Waals surface area contributed by atoms with Crippen molar-refractivity contribution in [3.05, 3.63) is 138 Å². The minimum Gasteiger partial charge on any atom is -0.487 e. The van der Waals surface area contributed by atoms with Crippen molar-refractivity contribution in [3.8, 4) is 11.8 Å². The van der Waals surface area contributed by atoms with Gasteiger partial charge in [0.2, 0.25) is 5.91 Å². The molecule has 0 radical (unpaired) electrons. The van der Waals surface area contributed by atoms with Crippen LogP contribution >= 0.6 is 0 Å². The second kappa shape index (κ2) is 13.8. The van der Waals surface area contributed by atoms with Crippen LogP contribution in [0.25, 0.3) is 10.9 Å². The Morgan fingerprint density at radius 3 is 2.36 bits per heavy atom. The molecule has 2 atom stereocenters. The molecule has 3 aromatic carbocycles. The summed E-state index contributed by atoms with van der Waals surface area (Å²) >= 11 is 0. The number of amides is 2. The third kappa shape index (κ3) is 7.00. The highest BCUT2D eigenvalue weighted by atomic mass is 16.5. The molecule has 1 aliphatic heterocycles. The van der Waals surface area contributed by atoms with Gasteiger partial charge >= 0.3 is 0 Å². The van der Waals surface area contributed by atoms with Crippen molar-refractivity contribution < 1.29 is 14.3 Å². The maximum Gasteiger partial charge on any atom is 0.252 e. The maximum atomic E-state index is 13.8. The second-order valence-electron chi connectivity index (χ2n) is 11.2. The van der Waals surface area contributed by atoms with Crippen molar-refractivity contribution in [3.63, 3.8) is 0 Å². The minimum absolute atomic E-state index is 0.130. The number of nitrogens with zero attached hydrogens (tertiary/aromatic N) is 4. The molecular formula is C37H33N5O3. The van der Waals surface area contributed by atoms with Crippen LogP contribution in [0.4, 0.5) is 0 Å². The van der Waals surface area contributed by atoms with Crippen LogP contribution in [0.5, 0.6) is 5.75 Å².